The first kappa shape index (κ1) is 18.3. The van der Waals surface area contributed by atoms with E-state index in [9.17, 15) is 4.79 Å². The molecule has 0 saturated heterocycles. The molecule has 136 valence electrons. The van der Waals surface area contributed by atoms with E-state index in [0.29, 0.717) is 53.5 Å². The van der Waals surface area contributed by atoms with E-state index in [1.165, 1.54) is 0 Å². The van der Waals surface area contributed by atoms with Crippen LogP contribution in [0.25, 0.3) is 10.9 Å². The molecule has 0 bridgehead atoms. The van der Waals surface area contributed by atoms with Gasteiger partial charge in [-0.1, -0.05) is 18.2 Å². The van der Waals surface area contributed by atoms with Gasteiger partial charge in [-0.05, 0) is 36.2 Å². The van der Waals surface area contributed by atoms with Crippen LogP contribution in [0, 0.1) is 0 Å². The Hall–Kier alpha value is -2.53. The van der Waals surface area contributed by atoms with Crippen molar-refractivity contribution in [2.75, 3.05) is 20.1 Å². The van der Waals surface area contributed by atoms with Crippen LogP contribution in [0.1, 0.15) is 17.8 Å². The van der Waals surface area contributed by atoms with Crippen LogP contribution in [0.2, 0.25) is 0 Å². The number of fused-ring (bicyclic) bond motifs is 1. The number of para-hydroxylation sites is 1. The smallest absolute Gasteiger partial charge is 0.261 e. The number of methoxy groups -OCH3 is 2. The fourth-order valence-corrected chi connectivity index (χ4v) is 3.09. The summed E-state index contributed by atoms with van der Waals surface area (Å²) in [4.78, 5) is 17.6. The minimum atomic E-state index is -0.0313. The van der Waals surface area contributed by atoms with Crippen LogP contribution in [0.4, 0.5) is 0 Å². The molecule has 0 aliphatic rings. The Morgan fingerprint density at radius 1 is 1.08 bits per heavy atom. The van der Waals surface area contributed by atoms with Crippen molar-refractivity contribution in [2.45, 2.75) is 19.4 Å². The molecule has 0 unspecified atom stereocenters. The van der Waals surface area contributed by atoms with E-state index in [0.717, 1.165) is 5.56 Å². The van der Waals surface area contributed by atoms with Gasteiger partial charge < -0.3 is 9.47 Å². The molecule has 1 aromatic heterocycles. The van der Waals surface area contributed by atoms with Crippen LogP contribution >= 0.6 is 11.6 Å². The molecular formula is C20H21ClN2O3. The third-order valence-corrected chi connectivity index (χ3v) is 4.53. The number of hydrogen-bond donors (Lipinski definition) is 0. The molecule has 0 atom stereocenters. The topological polar surface area (TPSA) is 53.3 Å². The van der Waals surface area contributed by atoms with Crippen LogP contribution in [0.15, 0.2) is 47.3 Å². The van der Waals surface area contributed by atoms with Crippen molar-refractivity contribution in [3.63, 3.8) is 0 Å². The zero-order valence-corrected chi connectivity index (χ0v) is 15.6. The van der Waals surface area contributed by atoms with Crippen molar-refractivity contribution >= 4 is 22.5 Å². The van der Waals surface area contributed by atoms with Crippen LogP contribution in [0.3, 0.4) is 0 Å². The molecule has 0 spiro atoms. The predicted octanol–water partition coefficient (Wildman–Crippen LogP) is 3.63. The Bertz CT molecular complexity index is 969. The zero-order valence-electron chi connectivity index (χ0n) is 14.9. The highest BCUT2D eigenvalue weighted by molar-refractivity contribution is 6.17. The van der Waals surface area contributed by atoms with E-state index < -0.39 is 0 Å². The summed E-state index contributed by atoms with van der Waals surface area (Å²) in [5.41, 5.74) is 1.66. The lowest BCUT2D eigenvalue weighted by Gasteiger charge is -2.14. The summed E-state index contributed by atoms with van der Waals surface area (Å²) in [5, 5.41) is 0.623. The Labute approximate surface area is 157 Å². The van der Waals surface area contributed by atoms with Crippen molar-refractivity contribution < 1.29 is 9.47 Å². The Morgan fingerprint density at radius 3 is 2.58 bits per heavy atom. The first-order chi connectivity index (χ1) is 12.7. The van der Waals surface area contributed by atoms with Crippen molar-refractivity contribution in [3.05, 3.63) is 64.2 Å². The monoisotopic (exact) mass is 372 g/mol. The summed E-state index contributed by atoms with van der Waals surface area (Å²) in [6.45, 7) is 0.544. The number of alkyl halides is 1. The van der Waals surface area contributed by atoms with Crippen molar-refractivity contribution in [2.24, 2.45) is 0 Å². The van der Waals surface area contributed by atoms with Gasteiger partial charge in [0.2, 0.25) is 0 Å². The number of hydrogen-bond acceptors (Lipinski definition) is 4. The highest BCUT2D eigenvalue weighted by atomic mass is 35.5. The Morgan fingerprint density at radius 2 is 1.85 bits per heavy atom. The summed E-state index contributed by atoms with van der Waals surface area (Å²) in [6, 6.07) is 13.1. The zero-order chi connectivity index (χ0) is 18.5. The molecule has 5 nitrogen and oxygen atoms in total. The van der Waals surface area contributed by atoms with Gasteiger partial charge in [0, 0.05) is 18.8 Å². The van der Waals surface area contributed by atoms with Gasteiger partial charge in [-0.2, -0.15) is 0 Å². The first-order valence-corrected chi connectivity index (χ1v) is 8.96. The molecule has 0 aliphatic carbocycles. The maximum atomic E-state index is 12.9. The second kappa shape index (κ2) is 8.23. The first-order valence-electron chi connectivity index (χ1n) is 8.43. The van der Waals surface area contributed by atoms with Crippen LogP contribution in [0.5, 0.6) is 11.5 Å². The lowest BCUT2D eigenvalue weighted by atomic mass is 10.1. The molecule has 3 rings (SSSR count). The van der Waals surface area contributed by atoms with Crippen molar-refractivity contribution in [1.29, 1.82) is 0 Å². The van der Waals surface area contributed by atoms with Crippen LogP contribution < -0.4 is 15.0 Å². The Balaban J connectivity index is 2.07. The Kier molecular flexibility index (Phi) is 5.78. The van der Waals surface area contributed by atoms with Gasteiger partial charge in [0.1, 0.15) is 5.82 Å². The molecule has 0 fully saturated rings. The molecule has 3 aromatic rings. The number of halogens is 1. The van der Waals surface area contributed by atoms with Gasteiger partial charge in [-0.15, -0.1) is 11.6 Å². The summed E-state index contributed by atoms with van der Waals surface area (Å²) < 4.78 is 12.4. The predicted molar refractivity (Wildman–Crippen MR) is 104 cm³/mol. The van der Waals surface area contributed by atoms with E-state index >= 15 is 0 Å². The average Bonchev–Trinajstić information content (AvgIpc) is 2.67. The second-order valence-corrected chi connectivity index (χ2v) is 6.29. The highest BCUT2D eigenvalue weighted by Crippen LogP contribution is 2.28. The molecular weight excluding hydrogens is 352 g/mol. The van der Waals surface area contributed by atoms with E-state index in [-0.39, 0.29) is 5.56 Å². The molecule has 2 aromatic carbocycles. The van der Waals surface area contributed by atoms with Gasteiger partial charge in [0.15, 0.2) is 11.5 Å². The molecule has 1 heterocycles. The quantitative estimate of drug-likeness (QED) is 0.594. The standard InChI is InChI=1S/C20H21ClN2O3/c1-25-17-9-8-14(12-18(17)26-2)13-19-22-16-7-4-3-6-15(16)20(24)23(19)11-5-10-21/h3-4,6-9,12H,5,10-11,13H2,1-2H3. The molecule has 0 amide bonds. The molecule has 0 radical (unpaired) electrons. The largest absolute Gasteiger partial charge is 0.493 e. The molecule has 0 saturated carbocycles. The van der Waals surface area contributed by atoms with E-state index in [1.807, 2.05) is 42.5 Å². The van der Waals surface area contributed by atoms with Gasteiger partial charge in [-0.3, -0.25) is 9.36 Å². The van der Waals surface area contributed by atoms with Crippen molar-refractivity contribution in [3.8, 4) is 11.5 Å². The maximum Gasteiger partial charge on any atom is 0.261 e. The summed E-state index contributed by atoms with van der Waals surface area (Å²) in [6.07, 6.45) is 1.23. The van der Waals surface area contributed by atoms with E-state index in [4.69, 9.17) is 26.1 Å². The number of benzene rings is 2. The fraction of sp³-hybridized carbons (Fsp3) is 0.300. The van der Waals surface area contributed by atoms with Gasteiger partial charge in [0.25, 0.3) is 5.56 Å². The van der Waals surface area contributed by atoms with Gasteiger partial charge in [-0.25, -0.2) is 4.98 Å². The van der Waals surface area contributed by atoms with E-state index in [1.54, 1.807) is 18.8 Å². The molecule has 6 heteroatoms. The summed E-state index contributed by atoms with van der Waals surface area (Å²) in [5.74, 6) is 2.53. The minimum absolute atomic E-state index is 0.0313. The molecule has 26 heavy (non-hydrogen) atoms. The third-order valence-electron chi connectivity index (χ3n) is 4.27. The normalized spacial score (nSPS) is 10.9. The summed E-state index contributed by atoms with van der Waals surface area (Å²) >= 11 is 5.84. The average molecular weight is 373 g/mol. The lowest BCUT2D eigenvalue weighted by Crippen LogP contribution is -2.26. The number of rotatable bonds is 7. The number of ether oxygens (including phenoxy) is 2. The fourth-order valence-electron chi connectivity index (χ4n) is 2.97. The number of nitrogens with zero attached hydrogens (tertiary/aromatic N) is 2. The minimum Gasteiger partial charge on any atom is -0.493 e. The number of aromatic nitrogens is 2. The maximum absolute atomic E-state index is 12.9. The van der Waals surface area contributed by atoms with Gasteiger partial charge in [0.05, 0.1) is 25.1 Å². The third kappa shape index (κ3) is 3.68. The lowest BCUT2D eigenvalue weighted by molar-refractivity contribution is 0.354. The van der Waals surface area contributed by atoms with Crippen LogP contribution in [-0.2, 0) is 13.0 Å². The van der Waals surface area contributed by atoms with Gasteiger partial charge >= 0.3 is 0 Å². The van der Waals surface area contributed by atoms with Crippen LogP contribution in [-0.4, -0.2) is 29.7 Å². The molecule has 0 N–H and O–H groups in total. The highest BCUT2D eigenvalue weighted by Gasteiger charge is 2.13. The molecule has 0 aliphatic heterocycles. The van der Waals surface area contributed by atoms with E-state index in [2.05, 4.69) is 0 Å². The summed E-state index contributed by atoms with van der Waals surface area (Å²) in [7, 11) is 3.21. The second-order valence-electron chi connectivity index (χ2n) is 5.91. The SMILES string of the molecule is COc1ccc(Cc2nc3ccccc3c(=O)n2CCCCl)cc1OC. The van der Waals surface area contributed by atoms with Crippen molar-refractivity contribution in [1.82, 2.24) is 9.55 Å².